The van der Waals surface area contributed by atoms with Gasteiger partial charge in [-0.05, 0) is 25.3 Å². The van der Waals surface area contributed by atoms with Crippen LogP contribution in [0.1, 0.15) is 26.2 Å². The van der Waals surface area contributed by atoms with Crippen molar-refractivity contribution < 1.29 is 4.55 Å². The van der Waals surface area contributed by atoms with Crippen LogP contribution >= 0.6 is 12.0 Å². The van der Waals surface area contributed by atoms with E-state index in [0.29, 0.717) is 0 Å². The second-order valence-electron chi connectivity index (χ2n) is 2.37. The molecule has 0 radical (unpaired) electrons. The number of hydrogen-bond acceptors (Lipinski definition) is 2. The van der Waals surface area contributed by atoms with Crippen molar-refractivity contribution in [1.82, 2.24) is 0 Å². The van der Waals surface area contributed by atoms with Gasteiger partial charge in [0.1, 0.15) is 0 Å². The maximum absolute atomic E-state index is 8.73. The average Bonchev–Trinajstić information content (AvgIpc) is 2.05. The molecule has 0 saturated carbocycles. The van der Waals surface area contributed by atoms with E-state index in [9.17, 15) is 0 Å². The highest BCUT2D eigenvalue weighted by molar-refractivity contribution is 7.97. The van der Waals surface area contributed by atoms with Gasteiger partial charge in [0.15, 0.2) is 0 Å². The van der Waals surface area contributed by atoms with Gasteiger partial charge in [-0.2, -0.15) is 0 Å². The largest absolute Gasteiger partial charge is 0.326 e. The summed E-state index contributed by atoms with van der Waals surface area (Å²) in [4.78, 5) is 1.10. The molecule has 0 atom stereocenters. The minimum Gasteiger partial charge on any atom is -0.326 e. The quantitative estimate of drug-likeness (QED) is 0.619. The van der Waals surface area contributed by atoms with Gasteiger partial charge in [0.25, 0.3) is 0 Å². The van der Waals surface area contributed by atoms with Crippen LogP contribution in [0.4, 0.5) is 0 Å². The lowest BCUT2D eigenvalue weighted by molar-refractivity contribution is 0.666. The van der Waals surface area contributed by atoms with Crippen LogP contribution in [0.25, 0.3) is 0 Å². The molecule has 0 fully saturated rings. The van der Waals surface area contributed by atoms with Crippen molar-refractivity contribution in [1.29, 1.82) is 0 Å². The first kappa shape index (κ1) is 7.89. The van der Waals surface area contributed by atoms with Crippen molar-refractivity contribution in [3.63, 3.8) is 0 Å². The van der Waals surface area contributed by atoms with Gasteiger partial charge in [0.2, 0.25) is 0 Å². The summed E-state index contributed by atoms with van der Waals surface area (Å²) < 4.78 is 8.73. The molecule has 0 aromatic heterocycles. The van der Waals surface area contributed by atoms with Crippen LogP contribution in [-0.2, 0) is 0 Å². The van der Waals surface area contributed by atoms with E-state index in [1.165, 1.54) is 5.57 Å². The van der Waals surface area contributed by atoms with Crippen molar-refractivity contribution in [2.45, 2.75) is 26.2 Å². The first-order valence-corrected chi connectivity index (χ1v) is 4.35. The summed E-state index contributed by atoms with van der Waals surface area (Å²) in [6.07, 6.45) is 7.48. The van der Waals surface area contributed by atoms with Gasteiger partial charge in [0.05, 0.1) is 0 Å². The molecule has 1 nitrogen and oxygen atoms in total. The zero-order chi connectivity index (χ0) is 7.40. The predicted molar refractivity (Wildman–Crippen MR) is 45.9 cm³/mol. The highest BCUT2D eigenvalue weighted by Gasteiger charge is 2.02. The van der Waals surface area contributed by atoms with E-state index in [1.807, 2.05) is 0 Å². The Morgan fingerprint density at radius 2 is 2.50 bits per heavy atom. The summed E-state index contributed by atoms with van der Waals surface area (Å²) in [5.41, 5.74) is 1.35. The SMILES string of the molecule is CCC1=CCCC(SO)=C1. The van der Waals surface area contributed by atoms with Crippen molar-refractivity contribution in [2.75, 3.05) is 0 Å². The molecule has 0 saturated heterocycles. The molecule has 0 aromatic rings. The Morgan fingerprint density at radius 3 is 3.10 bits per heavy atom. The van der Waals surface area contributed by atoms with E-state index in [-0.39, 0.29) is 0 Å². The molecule has 0 heterocycles. The van der Waals surface area contributed by atoms with Crippen molar-refractivity contribution in [2.24, 2.45) is 0 Å². The average molecular weight is 156 g/mol. The standard InChI is InChI=1S/C8H12OS/c1-2-7-4-3-5-8(6-7)10-9/h4,6,9H,2-3,5H2,1H3. The Hall–Kier alpha value is -0.210. The van der Waals surface area contributed by atoms with Crippen LogP contribution in [0, 0.1) is 0 Å². The highest BCUT2D eigenvalue weighted by Crippen LogP contribution is 2.25. The smallest absolute Gasteiger partial charge is 0.0199 e. The van der Waals surface area contributed by atoms with Crippen LogP contribution in [-0.4, -0.2) is 4.55 Å². The van der Waals surface area contributed by atoms with Crippen LogP contribution in [0.3, 0.4) is 0 Å². The maximum atomic E-state index is 8.73. The van der Waals surface area contributed by atoms with Gasteiger partial charge in [-0.3, -0.25) is 0 Å². The van der Waals surface area contributed by atoms with Gasteiger partial charge in [-0.25, -0.2) is 0 Å². The lowest BCUT2D eigenvalue weighted by Crippen LogP contribution is -1.87. The highest BCUT2D eigenvalue weighted by atomic mass is 32.2. The Kier molecular flexibility index (Phi) is 3.03. The van der Waals surface area contributed by atoms with Gasteiger partial charge >= 0.3 is 0 Å². The fraction of sp³-hybridized carbons (Fsp3) is 0.500. The third-order valence-electron chi connectivity index (χ3n) is 1.67. The number of allylic oxidation sites excluding steroid dienone is 4. The molecule has 1 aliphatic rings. The minimum absolute atomic E-state index is 0.885. The maximum Gasteiger partial charge on any atom is 0.0199 e. The van der Waals surface area contributed by atoms with Crippen molar-refractivity contribution >= 4 is 12.0 Å². The minimum atomic E-state index is 0.885. The van der Waals surface area contributed by atoms with E-state index >= 15 is 0 Å². The lowest BCUT2D eigenvalue weighted by atomic mass is 10.1. The third kappa shape index (κ3) is 1.89. The molecule has 0 unspecified atom stereocenters. The van der Waals surface area contributed by atoms with Crippen LogP contribution in [0.15, 0.2) is 22.6 Å². The second-order valence-corrected chi connectivity index (χ2v) is 3.08. The van der Waals surface area contributed by atoms with Crippen LogP contribution in [0.5, 0.6) is 0 Å². The van der Waals surface area contributed by atoms with Crippen molar-refractivity contribution in [3.05, 3.63) is 22.6 Å². The molecule has 0 bridgehead atoms. The Morgan fingerprint density at radius 1 is 1.70 bits per heavy atom. The van der Waals surface area contributed by atoms with Crippen molar-refractivity contribution in [3.8, 4) is 0 Å². The topological polar surface area (TPSA) is 20.2 Å². The van der Waals surface area contributed by atoms with E-state index in [2.05, 4.69) is 19.1 Å². The summed E-state index contributed by atoms with van der Waals surface area (Å²) in [6.45, 7) is 2.13. The molecule has 56 valence electrons. The fourth-order valence-corrected chi connectivity index (χ4v) is 1.47. The summed E-state index contributed by atoms with van der Waals surface area (Å²) in [5.74, 6) is 0. The summed E-state index contributed by atoms with van der Waals surface area (Å²) in [6, 6.07) is 0. The van der Waals surface area contributed by atoms with Gasteiger partial charge in [0, 0.05) is 16.9 Å². The predicted octanol–water partition coefficient (Wildman–Crippen LogP) is 3.21. The third-order valence-corrected chi connectivity index (χ3v) is 2.23. The molecule has 0 aliphatic heterocycles. The Labute approximate surface area is 66.0 Å². The molecule has 1 aliphatic carbocycles. The van der Waals surface area contributed by atoms with Crippen LogP contribution < -0.4 is 0 Å². The molecule has 2 heteroatoms. The Bertz CT molecular complexity index is 170. The fourth-order valence-electron chi connectivity index (χ4n) is 1.06. The zero-order valence-corrected chi connectivity index (χ0v) is 6.95. The first-order chi connectivity index (χ1) is 4.86. The van der Waals surface area contributed by atoms with E-state index in [4.69, 9.17) is 4.55 Å². The Balaban J connectivity index is 2.61. The van der Waals surface area contributed by atoms with Gasteiger partial charge < -0.3 is 4.55 Å². The monoisotopic (exact) mass is 156 g/mol. The van der Waals surface area contributed by atoms with E-state index < -0.39 is 0 Å². The molecule has 0 spiro atoms. The van der Waals surface area contributed by atoms with E-state index in [1.54, 1.807) is 0 Å². The normalized spacial score (nSPS) is 18.2. The molecular weight excluding hydrogens is 144 g/mol. The number of hydrogen-bond donors (Lipinski definition) is 1. The molecule has 10 heavy (non-hydrogen) atoms. The lowest BCUT2D eigenvalue weighted by Gasteiger charge is -2.08. The van der Waals surface area contributed by atoms with Gasteiger partial charge in [-0.1, -0.05) is 18.6 Å². The zero-order valence-electron chi connectivity index (χ0n) is 6.13. The molecular formula is C8H12OS. The van der Waals surface area contributed by atoms with Gasteiger partial charge in [-0.15, -0.1) is 0 Å². The number of rotatable bonds is 2. The molecule has 0 amide bonds. The first-order valence-electron chi connectivity index (χ1n) is 3.58. The molecule has 0 aromatic carbocycles. The second kappa shape index (κ2) is 3.84. The summed E-state index contributed by atoms with van der Waals surface area (Å²) in [7, 11) is 0. The van der Waals surface area contributed by atoms with E-state index in [0.717, 1.165) is 36.2 Å². The summed E-state index contributed by atoms with van der Waals surface area (Å²) >= 11 is 0.885. The van der Waals surface area contributed by atoms with Crippen LogP contribution in [0.2, 0.25) is 0 Å². The molecule has 1 rings (SSSR count). The summed E-state index contributed by atoms with van der Waals surface area (Å²) in [5, 5.41) is 0. The molecule has 1 N–H and O–H groups in total.